The monoisotopic (exact) mass is 191 g/mol. The highest BCUT2D eigenvalue weighted by atomic mass is 16.4. The first kappa shape index (κ1) is 9.06. The fourth-order valence-electron chi connectivity index (χ4n) is 1.78. The average molecular weight is 191 g/mol. The summed E-state index contributed by atoms with van der Waals surface area (Å²) in [6.07, 6.45) is 1.15. The molecule has 2 rings (SSSR count). The van der Waals surface area contributed by atoms with E-state index in [1.165, 1.54) is 0 Å². The van der Waals surface area contributed by atoms with E-state index in [0.717, 1.165) is 18.7 Å². The van der Waals surface area contributed by atoms with Crippen LogP contribution in [0.2, 0.25) is 0 Å². The van der Waals surface area contributed by atoms with Gasteiger partial charge in [-0.25, -0.2) is 4.79 Å². The van der Waals surface area contributed by atoms with Gasteiger partial charge in [0.1, 0.15) is 0 Å². The Morgan fingerprint density at radius 2 is 2.21 bits per heavy atom. The summed E-state index contributed by atoms with van der Waals surface area (Å²) >= 11 is 0. The maximum Gasteiger partial charge on any atom is 0.337 e. The molecule has 14 heavy (non-hydrogen) atoms. The molecule has 0 aliphatic carbocycles. The zero-order chi connectivity index (χ0) is 10.1. The summed E-state index contributed by atoms with van der Waals surface area (Å²) < 4.78 is 0. The summed E-state index contributed by atoms with van der Waals surface area (Å²) in [7, 11) is 0. The highest BCUT2D eigenvalue weighted by molar-refractivity contribution is 5.94. The number of nitrogens with zero attached hydrogens (tertiary/aromatic N) is 1. The Labute approximate surface area is 83.0 Å². The van der Waals surface area contributed by atoms with Gasteiger partial charge in [0, 0.05) is 12.6 Å². The van der Waals surface area contributed by atoms with Gasteiger partial charge in [0.15, 0.2) is 0 Å². The van der Waals surface area contributed by atoms with Crippen LogP contribution in [0.5, 0.6) is 0 Å². The molecule has 74 valence electrons. The number of aromatic carboxylic acids is 1. The van der Waals surface area contributed by atoms with Crippen molar-refractivity contribution in [3.8, 4) is 0 Å². The first-order valence-corrected chi connectivity index (χ1v) is 4.79. The van der Waals surface area contributed by atoms with Gasteiger partial charge in [-0.2, -0.15) is 0 Å². The van der Waals surface area contributed by atoms with Gasteiger partial charge in [-0.1, -0.05) is 12.1 Å². The molecule has 0 amide bonds. The van der Waals surface area contributed by atoms with Gasteiger partial charge in [0.05, 0.1) is 11.3 Å². The maximum absolute atomic E-state index is 10.9. The Bertz CT molecular complexity index is 362. The summed E-state index contributed by atoms with van der Waals surface area (Å²) in [6.45, 7) is 3.08. The first-order chi connectivity index (χ1) is 6.70. The van der Waals surface area contributed by atoms with E-state index in [0.29, 0.717) is 11.6 Å². The summed E-state index contributed by atoms with van der Waals surface area (Å²) in [5.41, 5.74) is 1.25. The third-order valence-corrected chi connectivity index (χ3v) is 2.76. The van der Waals surface area contributed by atoms with Gasteiger partial charge < -0.3 is 10.0 Å². The molecule has 1 N–H and O–H groups in total. The Hall–Kier alpha value is -1.51. The van der Waals surface area contributed by atoms with E-state index in [9.17, 15) is 4.79 Å². The Morgan fingerprint density at radius 3 is 2.71 bits per heavy atom. The van der Waals surface area contributed by atoms with Crippen molar-refractivity contribution in [1.82, 2.24) is 0 Å². The van der Waals surface area contributed by atoms with Crippen molar-refractivity contribution in [3.63, 3.8) is 0 Å². The fraction of sp³-hybridized carbons (Fsp3) is 0.364. The van der Waals surface area contributed by atoms with E-state index < -0.39 is 5.97 Å². The van der Waals surface area contributed by atoms with Crippen LogP contribution in [0.15, 0.2) is 24.3 Å². The molecule has 1 aliphatic heterocycles. The Kier molecular flexibility index (Phi) is 2.15. The number of para-hydroxylation sites is 1. The lowest BCUT2D eigenvalue weighted by atomic mass is 10.0. The van der Waals surface area contributed by atoms with Gasteiger partial charge >= 0.3 is 5.97 Å². The molecule has 0 spiro atoms. The molecule has 1 atom stereocenters. The van der Waals surface area contributed by atoms with Crippen LogP contribution in [0.1, 0.15) is 23.7 Å². The molecule has 1 aromatic rings. The largest absolute Gasteiger partial charge is 0.478 e. The molecule has 1 aliphatic rings. The van der Waals surface area contributed by atoms with Crippen LogP contribution in [0.4, 0.5) is 5.69 Å². The molecular weight excluding hydrogens is 178 g/mol. The summed E-state index contributed by atoms with van der Waals surface area (Å²) in [4.78, 5) is 13.1. The lowest BCUT2D eigenvalue weighted by Gasteiger charge is -2.41. The lowest BCUT2D eigenvalue weighted by molar-refractivity contribution is 0.0697. The number of carboxylic acids is 1. The second-order valence-electron chi connectivity index (χ2n) is 3.65. The van der Waals surface area contributed by atoms with Crippen LogP contribution in [-0.2, 0) is 0 Å². The average Bonchev–Trinajstić information content (AvgIpc) is 2.16. The molecule has 1 unspecified atom stereocenters. The predicted molar refractivity (Wildman–Crippen MR) is 54.8 cm³/mol. The van der Waals surface area contributed by atoms with Crippen molar-refractivity contribution >= 4 is 11.7 Å². The van der Waals surface area contributed by atoms with E-state index in [4.69, 9.17) is 5.11 Å². The molecule has 1 aromatic carbocycles. The Balaban J connectivity index is 2.36. The number of anilines is 1. The van der Waals surface area contributed by atoms with Gasteiger partial charge in [-0.3, -0.25) is 0 Å². The molecule has 0 radical (unpaired) electrons. The third-order valence-electron chi connectivity index (χ3n) is 2.76. The number of benzene rings is 1. The van der Waals surface area contributed by atoms with Crippen LogP contribution in [-0.4, -0.2) is 23.7 Å². The van der Waals surface area contributed by atoms with E-state index in [-0.39, 0.29) is 0 Å². The van der Waals surface area contributed by atoms with E-state index in [1.807, 2.05) is 12.1 Å². The van der Waals surface area contributed by atoms with E-state index in [2.05, 4.69) is 11.8 Å². The molecule has 0 bridgehead atoms. The topological polar surface area (TPSA) is 40.5 Å². The third kappa shape index (κ3) is 1.35. The zero-order valence-corrected chi connectivity index (χ0v) is 8.10. The van der Waals surface area contributed by atoms with Gasteiger partial charge in [0.2, 0.25) is 0 Å². The zero-order valence-electron chi connectivity index (χ0n) is 8.10. The predicted octanol–water partition coefficient (Wildman–Crippen LogP) is 1.98. The van der Waals surface area contributed by atoms with Crippen molar-refractivity contribution in [1.29, 1.82) is 0 Å². The van der Waals surface area contributed by atoms with Gasteiger partial charge in [0.25, 0.3) is 0 Å². The SMILES string of the molecule is CC1CCN1c1ccccc1C(=O)O. The number of hydrogen-bond acceptors (Lipinski definition) is 2. The van der Waals surface area contributed by atoms with Crippen molar-refractivity contribution in [2.75, 3.05) is 11.4 Å². The minimum absolute atomic E-state index is 0.402. The summed E-state index contributed by atoms with van der Waals surface area (Å²) in [5, 5.41) is 8.99. The fourth-order valence-corrected chi connectivity index (χ4v) is 1.78. The normalized spacial score (nSPS) is 20.4. The molecule has 1 saturated heterocycles. The molecule has 3 heteroatoms. The molecule has 1 heterocycles. The number of hydrogen-bond donors (Lipinski definition) is 1. The number of carboxylic acid groups (broad SMARTS) is 1. The van der Waals surface area contributed by atoms with Crippen LogP contribution in [0, 0.1) is 0 Å². The van der Waals surface area contributed by atoms with Crippen molar-refractivity contribution in [2.45, 2.75) is 19.4 Å². The minimum Gasteiger partial charge on any atom is -0.478 e. The highest BCUT2D eigenvalue weighted by Gasteiger charge is 2.26. The van der Waals surface area contributed by atoms with Crippen LogP contribution < -0.4 is 4.90 Å². The number of rotatable bonds is 2. The first-order valence-electron chi connectivity index (χ1n) is 4.79. The lowest BCUT2D eigenvalue weighted by Crippen LogP contribution is -2.46. The molecule has 1 fully saturated rings. The van der Waals surface area contributed by atoms with Crippen molar-refractivity contribution < 1.29 is 9.90 Å². The van der Waals surface area contributed by atoms with Crippen LogP contribution in [0.3, 0.4) is 0 Å². The standard InChI is InChI=1S/C11H13NO2/c1-8-6-7-12(8)10-5-3-2-4-9(10)11(13)14/h2-5,8H,6-7H2,1H3,(H,13,14). The van der Waals surface area contributed by atoms with Crippen LogP contribution >= 0.6 is 0 Å². The maximum atomic E-state index is 10.9. The van der Waals surface area contributed by atoms with E-state index in [1.54, 1.807) is 12.1 Å². The van der Waals surface area contributed by atoms with Crippen molar-refractivity contribution in [3.05, 3.63) is 29.8 Å². The second-order valence-corrected chi connectivity index (χ2v) is 3.65. The second kappa shape index (κ2) is 3.33. The molecule has 3 nitrogen and oxygen atoms in total. The van der Waals surface area contributed by atoms with Gasteiger partial charge in [-0.15, -0.1) is 0 Å². The Morgan fingerprint density at radius 1 is 1.50 bits per heavy atom. The molecule has 0 aromatic heterocycles. The minimum atomic E-state index is -0.847. The number of carbonyl (C=O) groups is 1. The smallest absolute Gasteiger partial charge is 0.337 e. The molecular formula is C11H13NO2. The highest BCUT2D eigenvalue weighted by Crippen LogP contribution is 2.29. The van der Waals surface area contributed by atoms with E-state index >= 15 is 0 Å². The van der Waals surface area contributed by atoms with Gasteiger partial charge in [-0.05, 0) is 25.5 Å². The summed E-state index contributed by atoms with van der Waals surface area (Å²) in [6, 6.07) is 7.64. The quantitative estimate of drug-likeness (QED) is 0.777. The van der Waals surface area contributed by atoms with Crippen LogP contribution in [0.25, 0.3) is 0 Å². The molecule has 0 saturated carbocycles. The summed E-state index contributed by atoms with van der Waals surface area (Å²) in [5.74, 6) is -0.847. The van der Waals surface area contributed by atoms with Crippen molar-refractivity contribution in [2.24, 2.45) is 0 Å².